The van der Waals surface area contributed by atoms with Crippen LogP contribution in [0, 0.1) is 0 Å². The topological polar surface area (TPSA) is 60.8 Å². The first-order chi connectivity index (χ1) is 10.7. The van der Waals surface area contributed by atoms with Crippen LogP contribution in [0.25, 0.3) is 16.2 Å². The summed E-state index contributed by atoms with van der Waals surface area (Å²) in [6.45, 7) is 0.583. The van der Waals surface area contributed by atoms with Crippen LogP contribution in [-0.4, -0.2) is 47.3 Å². The number of carbonyl (C=O) groups excluding carboxylic acids is 1. The first-order valence-corrected chi connectivity index (χ1v) is 8.22. The Labute approximate surface area is 138 Å². The van der Waals surface area contributed by atoms with Crippen LogP contribution in [-0.2, 0) is 4.79 Å². The van der Waals surface area contributed by atoms with E-state index < -0.39 is 0 Å². The molecule has 0 atom stereocenters. The molecule has 1 heterocycles. The summed E-state index contributed by atoms with van der Waals surface area (Å²) in [6.07, 6.45) is 3.66. The fraction of sp³-hybridized carbons (Fsp3) is 0.312. The number of fused-ring (bicyclic) bond motifs is 1. The standard InChI is InChI=1S/C16H18ClNO3S/c17-16-12-4-1-2-5-13(12)22-14(16)6-7-15(21)18(9-11-20)8-3-10-19/h1-2,4-7,19-20H,3,8-11H2/b7-6+. The molecule has 118 valence electrons. The van der Waals surface area contributed by atoms with Crippen LogP contribution in [0.2, 0.25) is 5.02 Å². The van der Waals surface area contributed by atoms with E-state index >= 15 is 0 Å². The van der Waals surface area contributed by atoms with Crippen molar-refractivity contribution in [3.63, 3.8) is 0 Å². The highest BCUT2D eigenvalue weighted by molar-refractivity contribution is 7.20. The Morgan fingerprint density at radius 3 is 2.68 bits per heavy atom. The summed E-state index contributed by atoms with van der Waals surface area (Å²) >= 11 is 7.86. The SMILES string of the molecule is O=C(/C=C/c1sc2ccccc2c1Cl)N(CCO)CCCO. The van der Waals surface area contributed by atoms with Gasteiger partial charge in [-0.15, -0.1) is 11.3 Å². The van der Waals surface area contributed by atoms with Crippen molar-refractivity contribution in [2.45, 2.75) is 6.42 Å². The number of aliphatic hydroxyl groups excluding tert-OH is 2. The van der Waals surface area contributed by atoms with Crippen molar-refractivity contribution in [1.82, 2.24) is 4.90 Å². The molecule has 0 fully saturated rings. The highest BCUT2D eigenvalue weighted by Gasteiger charge is 2.11. The number of nitrogens with zero attached hydrogens (tertiary/aromatic N) is 1. The van der Waals surface area contributed by atoms with Gasteiger partial charge in [0.15, 0.2) is 0 Å². The maximum absolute atomic E-state index is 12.1. The minimum atomic E-state index is -0.198. The van der Waals surface area contributed by atoms with E-state index in [1.807, 2.05) is 24.3 Å². The van der Waals surface area contributed by atoms with Gasteiger partial charge in [-0.25, -0.2) is 0 Å². The first-order valence-electron chi connectivity index (χ1n) is 7.03. The smallest absolute Gasteiger partial charge is 0.246 e. The van der Waals surface area contributed by atoms with Crippen LogP contribution in [0.4, 0.5) is 0 Å². The molecule has 2 N–H and O–H groups in total. The van der Waals surface area contributed by atoms with E-state index in [9.17, 15) is 4.79 Å². The van der Waals surface area contributed by atoms with Crippen molar-refractivity contribution in [3.8, 4) is 0 Å². The third-order valence-electron chi connectivity index (χ3n) is 3.20. The van der Waals surface area contributed by atoms with E-state index in [0.717, 1.165) is 15.0 Å². The molecule has 2 rings (SSSR count). The van der Waals surface area contributed by atoms with Crippen molar-refractivity contribution < 1.29 is 15.0 Å². The Morgan fingerprint density at radius 1 is 1.23 bits per heavy atom. The molecule has 0 aliphatic carbocycles. The molecule has 4 nitrogen and oxygen atoms in total. The predicted molar refractivity (Wildman–Crippen MR) is 91.2 cm³/mol. The lowest BCUT2D eigenvalue weighted by Crippen LogP contribution is -2.33. The first kappa shape index (κ1) is 17.0. The van der Waals surface area contributed by atoms with Crippen molar-refractivity contribution in [1.29, 1.82) is 0 Å². The van der Waals surface area contributed by atoms with Gasteiger partial charge in [-0.3, -0.25) is 4.79 Å². The van der Waals surface area contributed by atoms with Gasteiger partial charge >= 0.3 is 0 Å². The molecule has 0 aliphatic heterocycles. The highest BCUT2D eigenvalue weighted by atomic mass is 35.5. The van der Waals surface area contributed by atoms with Crippen molar-refractivity contribution in [2.75, 3.05) is 26.3 Å². The number of aliphatic hydroxyl groups is 2. The van der Waals surface area contributed by atoms with E-state index in [-0.39, 0.29) is 25.7 Å². The summed E-state index contributed by atoms with van der Waals surface area (Å²) in [5.41, 5.74) is 0. The van der Waals surface area contributed by atoms with Crippen LogP contribution < -0.4 is 0 Å². The predicted octanol–water partition coefficient (Wildman–Crippen LogP) is 2.77. The maximum Gasteiger partial charge on any atom is 0.246 e. The Kier molecular flexibility index (Phi) is 6.39. The van der Waals surface area contributed by atoms with E-state index in [0.29, 0.717) is 18.0 Å². The third-order valence-corrected chi connectivity index (χ3v) is 4.86. The number of rotatable bonds is 7. The van der Waals surface area contributed by atoms with Crippen molar-refractivity contribution in [3.05, 3.63) is 40.2 Å². The summed E-state index contributed by atoms with van der Waals surface area (Å²) in [4.78, 5) is 14.5. The fourth-order valence-corrected chi connectivity index (χ4v) is 3.51. The van der Waals surface area contributed by atoms with E-state index in [1.54, 1.807) is 6.08 Å². The maximum atomic E-state index is 12.1. The summed E-state index contributed by atoms with van der Waals surface area (Å²) in [5, 5.41) is 19.5. The molecule has 0 unspecified atom stereocenters. The Morgan fingerprint density at radius 2 is 2.00 bits per heavy atom. The molecule has 0 spiro atoms. The monoisotopic (exact) mass is 339 g/mol. The summed E-state index contributed by atoms with van der Waals surface area (Å²) in [7, 11) is 0. The summed E-state index contributed by atoms with van der Waals surface area (Å²) in [6, 6.07) is 7.82. The number of thiophene rings is 1. The number of hydrogen-bond donors (Lipinski definition) is 2. The fourth-order valence-electron chi connectivity index (χ4n) is 2.11. The molecular formula is C16H18ClNO3S. The molecule has 2 aromatic rings. The van der Waals surface area contributed by atoms with Crippen LogP contribution in [0.1, 0.15) is 11.3 Å². The molecule has 0 aliphatic rings. The average Bonchev–Trinajstić information content (AvgIpc) is 2.86. The van der Waals surface area contributed by atoms with Gasteiger partial charge in [0.05, 0.1) is 11.6 Å². The molecule has 6 heteroatoms. The second-order valence-corrected chi connectivity index (χ2v) is 6.20. The van der Waals surface area contributed by atoms with E-state index in [1.165, 1.54) is 22.3 Å². The second kappa shape index (κ2) is 8.29. The normalized spacial score (nSPS) is 11.4. The number of benzene rings is 1. The van der Waals surface area contributed by atoms with Crippen LogP contribution in [0.3, 0.4) is 0 Å². The van der Waals surface area contributed by atoms with Crippen molar-refractivity contribution >= 4 is 45.0 Å². The van der Waals surface area contributed by atoms with Crippen LogP contribution in [0.15, 0.2) is 30.3 Å². The van der Waals surface area contributed by atoms with Gasteiger partial charge in [0.1, 0.15) is 0 Å². The van der Waals surface area contributed by atoms with Crippen LogP contribution in [0.5, 0.6) is 0 Å². The average molecular weight is 340 g/mol. The molecule has 0 radical (unpaired) electrons. The Bertz CT molecular complexity index is 668. The van der Waals surface area contributed by atoms with E-state index in [4.69, 9.17) is 21.8 Å². The number of carbonyl (C=O) groups is 1. The minimum Gasteiger partial charge on any atom is -0.396 e. The van der Waals surface area contributed by atoms with Gasteiger partial charge < -0.3 is 15.1 Å². The largest absolute Gasteiger partial charge is 0.396 e. The van der Waals surface area contributed by atoms with Gasteiger partial charge in [0.2, 0.25) is 5.91 Å². The molecular weight excluding hydrogens is 322 g/mol. The van der Waals surface area contributed by atoms with Gasteiger partial charge in [-0.2, -0.15) is 0 Å². The molecule has 1 aromatic heterocycles. The van der Waals surface area contributed by atoms with Crippen LogP contribution >= 0.6 is 22.9 Å². The molecule has 0 saturated heterocycles. The van der Waals surface area contributed by atoms with Gasteiger partial charge in [0.25, 0.3) is 0 Å². The highest BCUT2D eigenvalue weighted by Crippen LogP contribution is 2.35. The molecule has 1 aromatic carbocycles. The zero-order valence-electron chi connectivity index (χ0n) is 12.0. The van der Waals surface area contributed by atoms with Gasteiger partial charge in [-0.1, -0.05) is 29.8 Å². The third kappa shape index (κ3) is 4.08. The lowest BCUT2D eigenvalue weighted by molar-refractivity contribution is -0.126. The lowest BCUT2D eigenvalue weighted by Gasteiger charge is -2.19. The van der Waals surface area contributed by atoms with Gasteiger partial charge in [-0.05, 0) is 18.6 Å². The summed E-state index contributed by atoms with van der Waals surface area (Å²) < 4.78 is 1.08. The number of hydrogen-bond acceptors (Lipinski definition) is 4. The second-order valence-electron chi connectivity index (χ2n) is 4.74. The van der Waals surface area contributed by atoms with Crippen molar-refractivity contribution in [2.24, 2.45) is 0 Å². The number of amides is 1. The van der Waals surface area contributed by atoms with E-state index in [2.05, 4.69) is 0 Å². The molecule has 22 heavy (non-hydrogen) atoms. The van der Waals surface area contributed by atoms with Gasteiger partial charge in [0, 0.05) is 40.7 Å². The Balaban J connectivity index is 2.14. The zero-order valence-corrected chi connectivity index (χ0v) is 13.6. The molecule has 0 saturated carbocycles. The molecule has 1 amide bonds. The minimum absolute atomic E-state index is 0.0149. The zero-order chi connectivity index (χ0) is 15.9. The summed E-state index contributed by atoms with van der Waals surface area (Å²) in [5.74, 6) is -0.198. The quantitative estimate of drug-likeness (QED) is 0.762. The number of halogens is 1. The lowest BCUT2D eigenvalue weighted by atomic mass is 10.2. The molecule has 0 bridgehead atoms. The Hall–Kier alpha value is -1.40.